The van der Waals surface area contributed by atoms with Crippen LogP contribution in [0.3, 0.4) is 0 Å². The average molecular weight is 258 g/mol. The van der Waals surface area contributed by atoms with E-state index in [9.17, 15) is 5.11 Å². The molecule has 0 spiro atoms. The van der Waals surface area contributed by atoms with Crippen molar-refractivity contribution in [2.45, 2.75) is 46.6 Å². The first-order valence-electron chi connectivity index (χ1n) is 6.80. The molecular weight excluding hydrogens is 236 g/mol. The molecule has 0 saturated carbocycles. The maximum atomic E-state index is 10.5. The number of hydrogen-bond acceptors (Lipinski definition) is 2. The molecule has 0 aliphatic carbocycles. The summed E-state index contributed by atoms with van der Waals surface area (Å²) >= 11 is 0. The van der Waals surface area contributed by atoms with Crippen LogP contribution in [-0.2, 0) is 0 Å². The van der Waals surface area contributed by atoms with E-state index in [1.54, 1.807) is 0 Å². The van der Waals surface area contributed by atoms with E-state index in [-0.39, 0.29) is 12.0 Å². The molecule has 1 aromatic heterocycles. The average Bonchev–Trinajstić information content (AvgIpc) is 2.68. The van der Waals surface area contributed by atoms with Crippen molar-refractivity contribution in [3.8, 4) is 17.0 Å². The Hall–Kier alpha value is -1.77. The Morgan fingerprint density at radius 3 is 2.05 bits per heavy atom. The first kappa shape index (κ1) is 13.7. The van der Waals surface area contributed by atoms with E-state index in [1.807, 2.05) is 28.9 Å². The minimum Gasteiger partial charge on any atom is -0.504 e. The van der Waals surface area contributed by atoms with Crippen LogP contribution in [0.2, 0.25) is 0 Å². The Balaban J connectivity index is 2.59. The van der Waals surface area contributed by atoms with Crippen LogP contribution >= 0.6 is 0 Å². The highest BCUT2D eigenvalue weighted by Gasteiger charge is 2.21. The van der Waals surface area contributed by atoms with Gasteiger partial charge in [0.1, 0.15) is 5.69 Å². The largest absolute Gasteiger partial charge is 0.504 e. The molecule has 0 aliphatic heterocycles. The third-order valence-electron chi connectivity index (χ3n) is 3.28. The van der Waals surface area contributed by atoms with E-state index < -0.39 is 0 Å². The van der Waals surface area contributed by atoms with E-state index >= 15 is 0 Å². The second-order valence-electron chi connectivity index (χ2n) is 5.64. The van der Waals surface area contributed by atoms with Crippen LogP contribution in [-0.4, -0.2) is 14.9 Å². The number of aromatic hydroxyl groups is 1. The SMILES string of the molecule is Cc1ccc(-c2nn(C(C)C)c(C(C)C)c2O)cc1. The molecule has 1 heterocycles. The van der Waals surface area contributed by atoms with Gasteiger partial charge in [0.15, 0.2) is 5.75 Å². The highest BCUT2D eigenvalue weighted by molar-refractivity contribution is 5.67. The first-order valence-corrected chi connectivity index (χ1v) is 6.80. The van der Waals surface area contributed by atoms with Crippen LogP contribution in [0, 0.1) is 6.92 Å². The van der Waals surface area contributed by atoms with E-state index in [1.165, 1.54) is 5.56 Å². The fourth-order valence-electron chi connectivity index (χ4n) is 2.28. The molecule has 3 heteroatoms. The molecule has 102 valence electrons. The fraction of sp³-hybridized carbons (Fsp3) is 0.438. The molecule has 0 aliphatic rings. The predicted molar refractivity (Wildman–Crippen MR) is 78.5 cm³/mol. The van der Waals surface area contributed by atoms with Crippen molar-refractivity contribution in [1.82, 2.24) is 9.78 Å². The van der Waals surface area contributed by atoms with Crippen LogP contribution in [0.4, 0.5) is 0 Å². The summed E-state index contributed by atoms with van der Waals surface area (Å²) in [5, 5.41) is 15.1. The number of aromatic nitrogens is 2. The van der Waals surface area contributed by atoms with Gasteiger partial charge in [-0.25, -0.2) is 0 Å². The van der Waals surface area contributed by atoms with Crippen molar-refractivity contribution in [3.05, 3.63) is 35.5 Å². The molecule has 0 radical (unpaired) electrons. The standard InChI is InChI=1S/C16H22N2O/c1-10(2)15-16(19)14(17-18(15)11(3)4)13-8-6-12(5)7-9-13/h6-11,19H,1-5H3. The molecule has 2 aromatic rings. The zero-order chi connectivity index (χ0) is 14.2. The third kappa shape index (κ3) is 2.50. The summed E-state index contributed by atoms with van der Waals surface area (Å²) in [6.45, 7) is 10.4. The van der Waals surface area contributed by atoms with Gasteiger partial charge in [0.2, 0.25) is 0 Å². The maximum absolute atomic E-state index is 10.5. The first-order chi connectivity index (χ1) is 8.91. The van der Waals surface area contributed by atoms with Crippen LogP contribution < -0.4 is 0 Å². The van der Waals surface area contributed by atoms with E-state index in [4.69, 9.17) is 0 Å². The number of hydrogen-bond donors (Lipinski definition) is 1. The van der Waals surface area contributed by atoms with Crippen molar-refractivity contribution >= 4 is 0 Å². The Kier molecular flexibility index (Phi) is 3.65. The third-order valence-corrected chi connectivity index (χ3v) is 3.28. The molecule has 0 unspecified atom stereocenters. The maximum Gasteiger partial charge on any atom is 0.165 e. The monoisotopic (exact) mass is 258 g/mol. The van der Waals surface area contributed by atoms with Gasteiger partial charge in [-0.3, -0.25) is 4.68 Å². The van der Waals surface area contributed by atoms with Gasteiger partial charge in [0, 0.05) is 11.6 Å². The molecule has 0 atom stereocenters. The van der Waals surface area contributed by atoms with Gasteiger partial charge in [0.05, 0.1) is 5.69 Å². The highest BCUT2D eigenvalue weighted by atomic mass is 16.3. The zero-order valence-electron chi connectivity index (χ0n) is 12.3. The smallest absolute Gasteiger partial charge is 0.165 e. The number of aryl methyl sites for hydroxylation is 1. The lowest BCUT2D eigenvalue weighted by atomic mass is 10.1. The summed E-state index contributed by atoms with van der Waals surface area (Å²) in [5.74, 6) is 0.557. The normalized spacial score (nSPS) is 11.5. The second-order valence-corrected chi connectivity index (χ2v) is 5.64. The molecule has 0 saturated heterocycles. The minimum absolute atomic E-state index is 0.238. The van der Waals surface area contributed by atoms with Crippen molar-refractivity contribution in [2.75, 3.05) is 0 Å². The predicted octanol–water partition coefficient (Wildman–Crippen LogP) is 4.27. The summed E-state index contributed by atoms with van der Waals surface area (Å²) < 4.78 is 1.93. The van der Waals surface area contributed by atoms with Crippen LogP contribution in [0.1, 0.15) is 50.9 Å². The zero-order valence-corrected chi connectivity index (χ0v) is 12.3. The van der Waals surface area contributed by atoms with Crippen molar-refractivity contribution < 1.29 is 5.11 Å². The van der Waals surface area contributed by atoms with Gasteiger partial charge in [-0.2, -0.15) is 5.10 Å². The number of benzene rings is 1. The number of nitrogens with zero attached hydrogens (tertiary/aromatic N) is 2. The molecule has 1 N–H and O–H groups in total. The summed E-state index contributed by atoms with van der Waals surface area (Å²) in [6, 6.07) is 8.33. The van der Waals surface area contributed by atoms with Gasteiger partial charge in [-0.15, -0.1) is 0 Å². The lowest BCUT2D eigenvalue weighted by molar-refractivity contribution is 0.446. The molecule has 0 bridgehead atoms. The molecule has 19 heavy (non-hydrogen) atoms. The fourth-order valence-corrected chi connectivity index (χ4v) is 2.28. The Morgan fingerprint density at radius 1 is 1.05 bits per heavy atom. The molecule has 0 amide bonds. The van der Waals surface area contributed by atoms with E-state index in [0.29, 0.717) is 11.4 Å². The van der Waals surface area contributed by atoms with Gasteiger partial charge < -0.3 is 5.11 Å². The quantitative estimate of drug-likeness (QED) is 0.892. The Labute approximate surface area is 114 Å². The minimum atomic E-state index is 0.238. The van der Waals surface area contributed by atoms with Crippen LogP contribution in [0.25, 0.3) is 11.3 Å². The van der Waals surface area contributed by atoms with Crippen LogP contribution in [0.5, 0.6) is 5.75 Å². The second kappa shape index (κ2) is 5.08. The van der Waals surface area contributed by atoms with Gasteiger partial charge in [-0.05, 0) is 26.7 Å². The van der Waals surface area contributed by atoms with Crippen LogP contribution in [0.15, 0.2) is 24.3 Å². The van der Waals surface area contributed by atoms with E-state index in [0.717, 1.165) is 11.3 Å². The van der Waals surface area contributed by atoms with Gasteiger partial charge >= 0.3 is 0 Å². The molecule has 3 nitrogen and oxygen atoms in total. The molecule has 1 aromatic carbocycles. The van der Waals surface area contributed by atoms with Crippen molar-refractivity contribution in [3.63, 3.8) is 0 Å². The summed E-state index contributed by atoms with van der Waals surface area (Å²) in [6.07, 6.45) is 0. The van der Waals surface area contributed by atoms with Gasteiger partial charge in [-0.1, -0.05) is 43.7 Å². The lowest BCUT2D eigenvalue weighted by Gasteiger charge is -2.13. The van der Waals surface area contributed by atoms with Crippen molar-refractivity contribution in [1.29, 1.82) is 0 Å². The molecule has 0 fully saturated rings. The number of rotatable bonds is 3. The Bertz CT molecular complexity index is 565. The van der Waals surface area contributed by atoms with Crippen molar-refractivity contribution in [2.24, 2.45) is 0 Å². The summed E-state index contributed by atoms with van der Waals surface area (Å²) in [5.41, 5.74) is 3.75. The topological polar surface area (TPSA) is 38.0 Å². The summed E-state index contributed by atoms with van der Waals surface area (Å²) in [4.78, 5) is 0. The highest BCUT2D eigenvalue weighted by Crippen LogP contribution is 2.36. The lowest BCUT2D eigenvalue weighted by Crippen LogP contribution is -2.08. The molecule has 2 rings (SSSR count). The van der Waals surface area contributed by atoms with E-state index in [2.05, 4.69) is 39.7 Å². The van der Waals surface area contributed by atoms with Gasteiger partial charge in [0.25, 0.3) is 0 Å². The Morgan fingerprint density at radius 2 is 1.63 bits per heavy atom. The molecular formula is C16H22N2O. The summed E-state index contributed by atoms with van der Waals surface area (Å²) in [7, 11) is 0.